The molecule has 0 aliphatic carbocycles. The number of hydrogen-bond acceptors (Lipinski definition) is 3. The largest absolute Gasteiger partial charge is 0.305 e. The van der Waals surface area contributed by atoms with E-state index in [0.29, 0.717) is 0 Å². The zero-order chi connectivity index (χ0) is 14.8. The highest BCUT2D eigenvalue weighted by atomic mass is 79.9. The van der Waals surface area contributed by atoms with E-state index in [1.165, 1.54) is 15.8 Å². The van der Waals surface area contributed by atoms with Gasteiger partial charge in [0, 0.05) is 18.9 Å². The minimum Gasteiger partial charge on any atom is -0.305 e. The summed E-state index contributed by atoms with van der Waals surface area (Å²) in [6.45, 7) is 3.12. The minimum atomic E-state index is -0.178. The predicted molar refractivity (Wildman–Crippen MR) is 93.9 cm³/mol. The molecule has 0 saturated heterocycles. The highest BCUT2D eigenvalue weighted by Crippen LogP contribution is 2.38. The van der Waals surface area contributed by atoms with Crippen molar-refractivity contribution in [3.8, 4) is 0 Å². The van der Waals surface area contributed by atoms with E-state index in [1.807, 2.05) is 6.07 Å². The van der Waals surface area contributed by atoms with Crippen LogP contribution in [-0.4, -0.2) is 6.54 Å². The van der Waals surface area contributed by atoms with Crippen LogP contribution in [0.5, 0.6) is 0 Å². The molecule has 0 saturated carbocycles. The minimum absolute atomic E-state index is 0.166. The molecule has 1 aromatic carbocycles. The maximum Gasteiger partial charge on any atom is 0.123 e. The molecular weight excluding hydrogens is 369 g/mol. The number of fused-ring (bicyclic) bond motifs is 1. The van der Waals surface area contributed by atoms with Gasteiger partial charge in [0.25, 0.3) is 0 Å². The van der Waals surface area contributed by atoms with Gasteiger partial charge in [-0.1, -0.05) is 6.92 Å². The molecular formula is C16H15BrFNS2. The van der Waals surface area contributed by atoms with Crippen LogP contribution < -0.4 is 5.32 Å². The Balaban J connectivity index is 2.03. The molecule has 3 aromatic rings. The molecule has 1 N–H and O–H groups in total. The lowest BCUT2D eigenvalue weighted by Crippen LogP contribution is -2.21. The number of benzene rings is 1. The van der Waals surface area contributed by atoms with E-state index in [4.69, 9.17) is 0 Å². The van der Waals surface area contributed by atoms with Crippen LogP contribution in [0.15, 0.2) is 40.2 Å². The molecule has 1 atom stereocenters. The summed E-state index contributed by atoms with van der Waals surface area (Å²) in [5.74, 6) is -0.178. The van der Waals surface area contributed by atoms with Crippen LogP contribution in [0.3, 0.4) is 0 Å². The molecule has 1 nitrogen and oxygen atoms in total. The van der Waals surface area contributed by atoms with Gasteiger partial charge in [0.2, 0.25) is 0 Å². The Bertz CT molecular complexity index is 750. The summed E-state index contributed by atoms with van der Waals surface area (Å²) in [5.41, 5.74) is 0. The third-order valence-electron chi connectivity index (χ3n) is 3.29. The van der Waals surface area contributed by atoms with Crippen molar-refractivity contribution in [1.29, 1.82) is 0 Å². The molecule has 0 bridgehead atoms. The number of nitrogens with one attached hydrogen (secondary N) is 1. The van der Waals surface area contributed by atoms with E-state index in [1.54, 1.807) is 28.7 Å². The van der Waals surface area contributed by atoms with Crippen molar-refractivity contribution in [3.63, 3.8) is 0 Å². The van der Waals surface area contributed by atoms with Crippen LogP contribution in [-0.2, 0) is 0 Å². The summed E-state index contributed by atoms with van der Waals surface area (Å²) in [5, 5.41) is 6.67. The molecule has 0 fully saturated rings. The molecule has 2 heterocycles. The Morgan fingerprint density at radius 2 is 2.14 bits per heavy atom. The van der Waals surface area contributed by atoms with Gasteiger partial charge in [-0.25, -0.2) is 4.39 Å². The highest BCUT2D eigenvalue weighted by Gasteiger charge is 2.20. The van der Waals surface area contributed by atoms with Gasteiger partial charge in [-0.15, -0.1) is 22.7 Å². The summed E-state index contributed by atoms with van der Waals surface area (Å²) in [6.07, 6.45) is 1.08. The lowest BCUT2D eigenvalue weighted by molar-refractivity contribution is 0.612. The first-order chi connectivity index (χ1) is 10.2. The Kier molecular flexibility index (Phi) is 4.74. The van der Waals surface area contributed by atoms with Crippen molar-refractivity contribution < 1.29 is 4.39 Å². The molecule has 5 heteroatoms. The molecule has 0 spiro atoms. The van der Waals surface area contributed by atoms with Gasteiger partial charge in [0.15, 0.2) is 0 Å². The Hall–Kier alpha value is -0.750. The Morgan fingerprint density at radius 1 is 1.29 bits per heavy atom. The molecule has 21 heavy (non-hydrogen) atoms. The topological polar surface area (TPSA) is 12.0 Å². The van der Waals surface area contributed by atoms with Crippen LogP contribution in [0.2, 0.25) is 0 Å². The van der Waals surface area contributed by atoms with Crippen molar-refractivity contribution in [2.24, 2.45) is 0 Å². The summed E-state index contributed by atoms with van der Waals surface area (Å²) in [7, 11) is 0. The SMILES string of the molecule is CCCNC(c1cc2cc(F)ccc2s1)c1sccc1Br. The van der Waals surface area contributed by atoms with Gasteiger partial charge in [0.1, 0.15) is 5.82 Å². The second kappa shape index (κ2) is 6.57. The van der Waals surface area contributed by atoms with E-state index in [0.717, 1.165) is 27.5 Å². The fourth-order valence-electron chi connectivity index (χ4n) is 2.30. The van der Waals surface area contributed by atoms with Crippen molar-refractivity contribution in [3.05, 3.63) is 55.8 Å². The lowest BCUT2D eigenvalue weighted by Gasteiger charge is -2.16. The molecule has 2 aromatic heterocycles. The van der Waals surface area contributed by atoms with E-state index in [9.17, 15) is 4.39 Å². The highest BCUT2D eigenvalue weighted by molar-refractivity contribution is 9.10. The third-order valence-corrected chi connectivity index (χ3v) is 6.40. The second-order valence-corrected chi connectivity index (χ2v) is 7.77. The normalized spacial score (nSPS) is 12.9. The average Bonchev–Trinajstić information content (AvgIpc) is 3.06. The van der Waals surface area contributed by atoms with Crippen LogP contribution >= 0.6 is 38.6 Å². The fourth-order valence-corrected chi connectivity index (χ4v) is 5.20. The zero-order valence-electron chi connectivity index (χ0n) is 11.5. The van der Waals surface area contributed by atoms with E-state index in [2.05, 4.69) is 45.7 Å². The van der Waals surface area contributed by atoms with Gasteiger partial charge >= 0.3 is 0 Å². The maximum atomic E-state index is 13.4. The van der Waals surface area contributed by atoms with Crippen molar-refractivity contribution in [2.75, 3.05) is 6.54 Å². The number of halogens is 2. The summed E-state index contributed by atoms with van der Waals surface area (Å²) in [6, 6.07) is 9.34. The van der Waals surface area contributed by atoms with Gasteiger partial charge < -0.3 is 5.32 Å². The average molecular weight is 384 g/mol. The molecule has 0 aliphatic heterocycles. The number of hydrogen-bond donors (Lipinski definition) is 1. The van der Waals surface area contributed by atoms with Crippen molar-refractivity contribution in [2.45, 2.75) is 19.4 Å². The predicted octanol–water partition coefficient (Wildman–Crippen LogP) is 5.95. The van der Waals surface area contributed by atoms with Gasteiger partial charge in [-0.2, -0.15) is 0 Å². The monoisotopic (exact) mass is 383 g/mol. The number of thiophene rings is 2. The van der Waals surface area contributed by atoms with Gasteiger partial charge in [-0.05, 0) is 70.0 Å². The summed E-state index contributed by atoms with van der Waals surface area (Å²) < 4.78 is 15.6. The van der Waals surface area contributed by atoms with E-state index in [-0.39, 0.29) is 11.9 Å². The first-order valence-corrected chi connectivity index (χ1v) is 9.33. The molecule has 0 radical (unpaired) electrons. The summed E-state index contributed by atoms with van der Waals surface area (Å²) in [4.78, 5) is 2.50. The number of rotatable bonds is 5. The van der Waals surface area contributed by atoms with Crippen LogP contribution in [0.1, 0.15) is 29.1 Å². The first-order valence-electron chi connectivity index (χ1n) is 6.84. The molecule has 0 amide bonds. The van der Waals surface area contributed by atoms with Gasteiger partial charge in [-0.3, -0.25) is 0 Å². The van der Waals surface area contributed by atoms with Crippen molar-refractivity contribution >= 4 is 48.7 Å². The van der Waals surface area contributed by atoms with E-state index < -0.39 is 0 Å². The van der Waals surface area contributed by atoms with Crippen LogP contribution in [0.25, 0.3) is 10.1 Å². The standard InChI is InChI=1S/C16H15BrFNS2/c1-2-6-19-15(16-12(17)5-7-20-16)14-9-10-8-11(18)3-4-13(10)21-14/h3-5,7-9,15,19H,2,6H2,1H3. The second-order valence-electron chi connectivity index (χ2n) is 4.85. The smallest absolute Gasteiger partial charge is 0.123 e. The van der Waals surface area contributed by atoms with Gasteiger partial charge in [0.05, 0.1) is 6.04 Å². The quantitative estimate of drug-likeness (QED) is 0.573. The zero-order valence-corrected chi connectivity index (χ0v) is 14.7. The van der Waals surface area contributed by atoms with E-state index >= 15 is 0 Å². The molecule has 110 valence electrons. The van der Waals surface area contributed by atoms with Crippen LogP contribution in [0, 0.1) is 5.82 Å². The Labute approximate surface area is 139 Å². The molecule has 1 unspecified atom stereocenters. The maximum absolute atomic E-state index is 13.4. The fraction of sp³-hybridized carbons (Fsp3) is 0.250. The lowest BCUT2D eigenvalue weighted by atomic mass is 10.1. The molecule has 3 rings (SSSR count). The van der Waals surface area contributed by atoms with Crippen LogP contribution in [0.4, 0.5) is 4.39 Å². The first kappa shape index (κ1) is 15.2. The summed E-state index contributed by atoms with van der Waals surface area (Å²) >= 11 is 7.09. The molecule has 0 aliphatic rings. The third kappa shape index (κ3) is 3.21. The Morgan fingerprint density at radius 3 is 2.86 bits per heavy atom. The van der Waals surface area contributed by atoms with Crippen molar-refractivity contribution in [1.82, 2.24) is 5.32 Å².